The van der Waals surface area contributed by atoms with Gasteiger partial charge in [0.25, 0.3) is 0 Å². The molecule has 0 atom stereocenters. The van der Waals surface area contributed by atoms with Gasteiger partial charge in [-0.2, -0.15) is 0 Å². The maximum absolute atomic E-state index is 12.2. The van der Waals surface area contributed by atoms with Crippen LogP contribution in [0.25, 0.3) is 11.2 Å². The fourth-order valence-electron chi connectivity index (χ4n) is 3.44. The second kappa shape index (κ2) is 6.48. The van der Waals surface area contributed by atoms with Crippen LogP contribution in [-0.2, 0) is 14.1 Å². The van der Waals surface area contributed by atoms with Crippen molar-refractivity contribution in [1.82, 2.24) is 19.1 Å². The van der Waals surface area contributed by atoms with Gasteiger partial charge in [0, 0.05) is 40.3 Å². The van der Waals surface area contributed by atoms with Crippen LogP contribution >= 0.6 is 23.2 Å². The van der Waals surface area contributed by atoms with E-state index in [2.05, 4.69) is 19.8 Å². The Labute approximate surface area is 160 Å². The summed E-state index contributed by atoms with van der Waals surface area (Å²) in [6.45, 7) is 3.09. The summed E-state index contributed by atoms with van der Waals surface area (Å²) in [7, 11) is 3.47. The van der Waals surface area contributed by atoms with Gasteiger partial charge in [-0.25, -0.2) is 14.8 Å². The maximum Gasteiger partial charge on any atom is 0.329 e. The molecular formula is C17H18Cl2N6O. The smallest absolute Gasteiger partial charge is 0.329 e. The van der Waals surface area contributed by atoms with E-state index in [1.165, 1.54) is 6.33 Å². The minimum absolute atomic E-state index is 0.105. The molecule has 0 saturated carbocycles. The number of halogens is 2. The van der Waals surface area contributed by atoms with Crippen LogP contribution in [0.3, 0.4) is 0 Å². The molecule has 1 fully saturated rings. The van der Waals surface area contributed by atoms with E-state index in [0.29, 0.717) is 15.7 Å². The van der Waals surface area contributed by atoms with Gasteiger partial charge in [0.15, 0.2) is 11.5 Å². The van der Waals surface area contributed by atoms with Crippen LogP contribution in [0.4, 0.5) is 11.5 Å². The minimum Gasteiger partial charge on any atom is -0.367 e. The molecule has 0 amide bonds. The van der Waals surface area contributed by atoms with Crippen LogP contribution < -0.4 is 15.5 Å². The van der Waals surface area contributed by atoms with Crippen molar-refractivity contribution in [2.45, 2.75) is 0 Å². The van der Waals surface area contributed by atoms with Gasteiger partial charge < -0.3 is 9.80 Å². The van der Waals surface area contributed by atoms with Gasteiger partial charge in [-0.05, 0) is 12.1 Å². The van der Waals surface area contributed by atoms with Crippen LogP contribution in [0.2, 0.25) is 10.0 Å². The Kier molecular flexibility index (Phi) is 4.28. The molecule has 7 nitrogen and oxygen atoms in total. The Bertz CT molecular complexity index is 1040. The second-order valence-electron chi connectivity index (χ2n) is 6.32. The predicted octanol–water partition coefficient (Wildman–Crippen LogP) is 2.30. The molecule has 3 heterocycles. The van der Waals surface area contributed by atoms with E-state index in [4.69, 9.17) is 23.2 Å². The lowest BCUT2D eigenvalue weighted by Crippen LogP contribution is -2.47. The molecule has 3 aromatic rings. The summed E-state index contributed by atoms with van der Waals surface area (Å²) < 4.78 is 3.15. The summed E-state index contributed by atoms with van der Waals surface area (Å²) >= 11 is 12.5. The van der Waals surface area contributed by atoms with Crippen molar-refractivity contribution in [3.63, 3.8) is 0 Å². The van der Waals surface area contributed by atoms with E-state index in [9.17, 15) is 4.79 Å². The van der Waals surface area contributed by atoms with Crippen molar-refractivity contribution in [1.29, 1.82) is 0 Å². The molecule has 9 heteroatoms. The number of benzene rings is 1. The highest BCUT2D eigenvalue weighted by molar-refractivity contribution is 6.43. The summed E-state index contributed by atoms with van der Waals surface area (Å²) in [5.41, 5.74) is 2.24. The first-order valence-electron chi connectivity index (χ1n) is 8.29. The summed E-state index contributed by atoms with van der Waals surface area (Å²) in [6, 6.07) is 5.68. The zero-order chi connectivity index (χ0) is 18.4. The average Bonchev–Trinajstić information content (AvgIpc) is 2.89. The summed E-state index contributed by atoms with van der Waals surface area (Å²) in [4.78, 5) is 25.3. The lowest BCUT2D eigenvalue weighted by molar-refractivity contribution is 0.647. The van der Waals surface area contributed by atoms with Gasteiger partial charge in [-0.1, -0.05) is 29.3 Å². The fourth-order valence-corrected chi connectivity index (χ4v) is 3.86. The average molecular weight is 393 g/mol. The van der Waals surface area contributed by atoms with Crippen LogP contribution in [0.15, 0.2) is 29.3 Å². The van der Waals surface area contributed by atoms with E-state index in [0.717, 1.165) is 43.2 Å². The number of hydrogen-bond acceptors (Lipinski definition) is 5. The highest BCUT2D eigenvalue weighted by Crippen LogP contribution is 2.33. The predicted molar refractivity (Wildman–Crippen MR) is 105 cm³/mol. The van der Waals surface area contributed by atoms with Gasteiger partial charge in [0.1, 0.15) is 11.8 Å². The topological polar surface area (TPSA) is 59.2 Å². The van der Waals surface area contributed by atoms with Gasteiger partial charge in [0.05, 0.1) is 15.7 Å². The van der Waals surface area contributed by atoms with E-state index in [-0.39, 0.29) is 5.69 Å². The van der Waals surface area contributed by atoms with Gasteiger partial charge in [-0.15, -0.1) is 0 Å². The molecule has 0 N–H and O–H groups in total. The quantitative estimate of drug-likeness (QED) is 0.669. The molecule has 1 aliphatic heterocycles. The fraction of sp³-hybridized carbons (Fsp3) is 0.353. The minimum atomic E-state index is -0.105. The molecule has 4 rings (SSSR count). The Morgan fingerprint density at radius 1 is 0.962 bits per heavy atom. The van der Waals surface area contributed by atoms with Gasteiger partial charge >= 0.3 is 5.69 Å². The number of fused-ring (bicyclic) bond motifs is 1. The molecule has 26 heavy (non-hydrogen) atoms. The lowest BCUT2D eigenvalue weighted by Gasteiger charge is -2.37. The molecule has 0 aliphatic carbocycles. The Hall–Kier alpha value is -2.25. The summed E-state index contributed by atoms with van der Waals surface area (Å²) in [5.74, 6) is 0.784. The maximum atomic E-state index is 12.2. The van der Waals surface area contributed by atoms with Crippen molar-refractivity contribution >= 4 is 45.9 Å². The third-order valence-corrected chi connectivity index (χ3v) is 5.67. The van der Waals surface area contributed by atoms with Crippen molar-refractivity contribution in [2.75, 3.05) is 36.0 Å². The third-order valence-electron chi connectivity index (χ3n) is 4.86. The first kappa shape index (κ1) is 17.2. The van der Waals surface area contributed by atoms with E-state index in [1.807, 2.05) is 12.1 Å². The Morgan fingerprint density at radius 2 is 1.65 bits per heavy atom. The molecule has 0 spiro atoms. The van der Waals surface area contributed by atoms with Gasteiger partial charge in [-0.3, -0.25) is 9.13 Å². The molecule has 136 valence electrons. The Morgan fingerprint density at radius 3 is 2.38 bits per heavy atom. The number of aryl methyl sites for hydroxylation is 2. The molecular weight excluding hydrogens is 375 g/mol. The monoisotopic (exact) mass is 392 g/mol. The third kappa shape index (κ3) is 2.62. The number of imidazole rings is 1. The molecule has 1 saturated heterocycles. The number of rotatable bonds is 2. The van der Waals surface area contributed by atoms with Crippen molar-refractivity contribution in [3.8, 4) is 0 Å². The van der Waals surface area contributed by atoms with E-state index >= 15 is 0 Å². The van der Waals surface area contributed by atoms with Crippen LogP contribution in [0, 0.1) is 0 Å². The number of nitrogens with zero attached hydrogens (tertiary/aromatic N) is 6. The van der Waals surface area contributed by atoms with Crippen LogP contribution in [0.1, 0.15) is 0 Å². The van der Waals surface area contributed by atoms with Crippen LogP contribution in [0.5, 0.6) is 0 Å². The molecule has 2 aromatic heterocycles. The molecule has 1 aromatic carbocycles. The lowest BCUT2D eigenvalue weighted by atomic mass is 10.2. The number of aromatic nitrogens is 4. The Balaban J connectivity index is 1.63. The SMILES string of the molecule is Cn1c(=O)n(C)c2c(N3CCN(c4cccc(Cl)c4Cl)CC3)ncnc21. The van der Waals surface area contributed by atoms with Crippen molar-refractivity contribution in [2.24, 2.45) is 14.1 Å². The van der Waals surface area contributed by atoms with E-state index < -0.39 is 0 Å². The second-order valence-corrected chi connectivity index (χ2v) is 7.10. The summed E-state index contributed by atoms with van der Waals surface area (Å²) in [5, 5.41) is 1.14. The highest BCUT2D eigenvalue weighted by atomic mass is 35.5. The molecule has 0 bridgehead atoms. The zero-order valence-corrected chi connectivity index (χ0v) is 16.0. The zero-order valence-electron chi connectivity index (χ0n) is 14.5. The number of piperazine rings is 1. The number of anilines is 2. The highest BCUT2D eigenvalue weighted by Gasteiger charge is 2.24. The van der Waals surface area contributed by atoms with Crippen molar-refractivity contribution in [3.05, 3.63) is 45.1 Å². The molecule has 0 unspecified atom stereocenters. The first-order chi connectivity index (χ1) is 12.5. The van der Waals surface area contributed by atoms with Gasteiger partial charge in [0.2, 0.25) is 0 Å². The van der Waals surface area contributed by atoms with E-state index in [1.54, 1.807) is 29.3 Å². The van der Waals surface area contributed by atoms with Crippen LogP contribution in [-0.4, -0.2) is 45.3 Å². The first-order valence-corrected chi connectivity index (χ1v) is 9.05. The normalized spacial score (nSPS) is 15.1. The standard InChI is InChI=1S/C17H18Cl2N6O/c1-22-14-15(23(2)17(22)26)20-10-21-16(14)25-8-6-24(7-9-25)12-5-3-4-11(18)13(12)19/h3-5,10H,6-9H2,1-2H3. The summed E-state index contributed by atoms with van der Waals surface area (Å²) in [6.07, 6.45) is 1.51. The molecule has 1 aliphatic rings. The molecule has 0 radical (unpaired) electrons. The largest absolute Gasteiger partial charge is 0.367 e. The number of hydrogen-bond donors (Lipinski definition) is 0. The van der Waals surface area contributed by atoms with Crippen molar-refractivity contribution < 1.29 is 0 Å².